The van der Waals surface area contributed by atoms with Crippen LogP contribution in [0.25, 0.3) is 0 Å². The van der Waals surface area contributed by atoms with Gasteiger partial charge in [-0.25, -0.2) is 9.78 Å². The zero-order chi connectivity index (χ0) is 21.1. The highest BCUT2D eigenvalue weighted by atomic mass is 16.6. The Kier molecular flexibility index (Phi) is 5.97. The number of non-ortho nitro benzene ring substituents is 1. The molecule has 1 aliphatic rings. The number of nitro benzene ring substituents is 1. The van der Waals surface area contributed by atoms with Crippen molar-refractivity contribution < 1.29 is 14.5 Å². The van der Waals surface area contributed by atoms with Gasteiger partial charge in [0.15, 0.2) is 0 Å². The molecule has 2 N–H and O–H groups in total. The number of rotatable bonds is 7. The van der Waals surface area contributed by atoms with Gasteiger partial charge >= 0.3 is 5.97 Å². The Bertz CT molecular complexity index is 964. The largest absolute Gasteiger partial charge is 0.463 e. The Morgan fingerprint density at radius 1 is 1.45 bits per heavy atom. The van der Waals surface area contributed by atoms with Gasteiger partial charge in [-0.05, 0) is 19.4 Å². The first-order chi connectivity index (χ1) is 13.8. The van der Waals surface area contributed by atoms with Crippen LogP contribution < -0.4 is 10.6 Å². The minimum atomic E-state index is -0.586. The zero-order valence-electron chi connectivity index (χ0n) is 16.9. The second-order valence-electron chi connectivity index (χ2n) is 7.12. The number of ether oxygens (including phenoxy) is 1. The summed E-state index contributed by atoms with van der Waals surface area (Å²) in [4.78, 5) is 28.1. The molecule has 1 unspecified atom stereocenters. The summed E-state index contributed by atoms with van der Waals surface area (Å²) in [6.07, 6.45) is 1.74. The van der Waals surface area contributed by atoms with Crippen LogP contribution in [0.15, 0.2) is 41.7 Å². The van der Waals surface area contributed by atoms with Crippen molar-refractivity contribution in [2.24, 2.45) is 0 Å². The maximum absolute atomic E-state index is 12.8. The number of fused-ring (bicyclic) bond motifs is 1. The molecule has 0 fully saturated rings. The van der Waals surface area contributed by atoms with Gasteiger partial charge in [-0.3, -0.25) is 10.1 Å². The lowest BCUT2D eigenvalue weighted by Crippen LogP contribution is -2.31. The second kappa shape index (κ2) is 8.44. The molecule has 0 spiro atoms. The monoisotopic (exact) mass is 399 g/mol. The van der Waals surface area contributed by atoms with Crippen molar-refractivity contribution in [1.82, 2.24) is 14.9 Å². The average Bonchev–Trinajstić information content (AvgIpc) is 3.07. The van der Waals surface area contributed by atoms with Gasteiger partial charge in [0, 0.05) is 30.4 Å². The van der Waals surface area contributed by atoms with E-state index >= 15 is 0 Å². The normalized spacial score (nSPS) is 15.8. The highest BCUT2D eigenvalue weighted by Crippen LogP contribution is 2.38. The molecule has 0 radical (unpaired) electrons. The number of allylic oxidation sites excluding steroid dienone is 1. The summed E-state index contributed by atoms with van der Waals surface area (Å²) < 4.78 is 7.19. The average molecular weight is 399 g/mol. The fourth-order valence-corrected chi connectivity index (χ4v) is 3.38. The van der Waals surface area contributed by atoms with E-state index in [4.69, 9.17) is 4.74 Å². The Labute approximate surface area is 168 Å². The van der Waals surface area contributed by atoms with Gasteiger partial charge in [0.25, 0.3) is 5.69 Å². The maximum Gasteiger partial charge on any atom is 0.338 e. The SMILES string of the molecule is CCOC(=O)C1=C(C)Nc2ncc(CNC(C)C)n2C1c1cccc([N+](=O)[O-])c1. The Morgan fingerprint density at radius 2 is 2.21 bits per heavy atom. The number of imidazole rings is 1. The van der Waals surface area contributed by atoms with Gasteiger partial charge in [-0.2, -0.15) is 0 Å². The van der Waals surface area contributed by atoms with E-state index in [2.05, 4.69) is 15.6 Å². The van der Waals surface area contributed by atoms with Crippen molar-refractivity contribution in [3.8, 4) is 0 Å². The van der Waals surface area contributed by atoms with Crippen LogP contribution in [0, 0.1) is 10.1 Å². The molecule has 2 heterocycles. The molecule has 0 amide bonds. The first-order valence-corrected chi connectivity index (χ1v) is 9.52. The second-order valence-corrected chi connectivity index (χ2v) is 7.12. The maximum atomic E-state index is 12.8. The molecule has 0 saturated carbocycles. The van der Waals surface area contributed by atoms with E-state index < -0.39 is 16.9 Å². The van der Waals surface area contributed by atoms with Crippen molar-refractivity contribution in [2.45, 2.75) is 46.3 Å². The molecule has 154 valence electrons. The zero-order valence-corrected chi connectivity index (χ0v) is 16.9. The van der Waals surface area contributed by atoms with Crippen LogP contribution in [-0.4, -0.2) is 33.1 Å². The number of anilines is 1. The molecule has 9 heteroatoms. The molecule has 0 aliphatic carbocycles. The lowest BCUT2D eigenvalue weighted by molar-refractivity contribution is -0.384. The fraction of sp³-hybridized carbons (Fsp3) is 0.400. The molecular formula is C20H25N5O4. The molecule has 2 aromatic rings. The Balaban J connectivity index is 2.17. The molecule has 1 aromatic heterocycles. The predicted octanol–water partition coefficient (Wildman–Crippen LogP) is 3.14. The van der Waals surface area contributed by atoms with Gasteiger partial charge in [0.1, 0.15) is 0 Å². The van der Waals surface area contributed by atoms with E-state index in [0.29, 0.717) is 29.3 Å². The molecule has 1 aliphatic heterocycles. The van der Waals surface area contributed by atoms with Crippen LogP contribution in [0.5, 0.6) is 0 Å². The van der Waals surface area contributed by atoms with Crippen molar-refractivity contribution in [1.29, 1.82) is 0 Å². The van der Waals surface area contributed by atoms with Gasteiger partial charge in [0.2, 0.25) is 5.95 Å². The predicted molar refractivity (Wildman–Crippen MR) is 108 cm³/mol. The van der Waals surface area contributed by atoms with E-state index in [1.165, 1.54) is 12.1 Å². The molecule has 1 aromatic carbocycles. The van der Waals surface area contributed by atoms with Crippen LogP contribution in [0.4, 0.5) is 11.6 Å². The number of nitrogens with zero attached hydrogens (tertiary/aromatic N) is 3. The molecule has 0 saturated heterocycles. The van der Waals surface area contributed by atoms with Crippen molar-refractivity contribution in [3.05, 3.63) is 63.1 Å². The third kappa shape index (κ3) is 4.14. The van der Waals surface area contributed by atoms with Gasteiger partial charge in [0.05, 0.1) is 35.0 Å². The molecular weight excluding hydrogens is 374 g/mol. The first kappa shape index (κ1) is 20.5. The lowest BCUT2D eigenvalue weighted by Gasteiger charge is -2.31. The van der Waals surface area contributed by atoms with Crippen LogP contribution >= 0.6 is 0 Å². The number of esters is 1. The third-order valence-electron chi connectivity index (χ3n) is 4.69. The number of hydrogen-bond acceptors (Lipinski definition) is 7. The van der Waals surface area contributed by atoms with Gasteiger partial charge in [-0.15, -0.1) is 0 Å². The van der Waals surface area contributed by atoms with Crippen molar-refractivity contribution in [2.75, 3.05) is 11.9 Å². The van der Waals surface area contributed by atoms with E-state index in [1.54, 1.807) is 32.2 Å². The highest BCUT2D eigenvalue weighted by Gasteiger charge is 2.35. The Morgan fingerprint density at radius 3 is 2.86 bits per heavy atom. The van der Waals surface area contributed by atoms with Crippen LogP contribution in [0.2, 0.25) is 0 Å². The van der Waals surface area contributed by atoms with Crippen LogP contribution in [-0.2, 0) is 16.1 Å². The summed E-state index contributed by atoms with van der Waals surface area (Å²) in [6, 6.07) is 6.00. The van der Waals surface area contributed by atoms with Crippen molar-refractivity contribution >= 4 is 17.6 Å². The topological polar surface area (TPSA) is 111 Å². The summed E-state index contributed by atoms with van der Waals surface area (Å²) in [5.74, 6) is 0.115. The van der Waals surface area contributed by atoms with Gasteiger partial charge in [-0.1, -0.05) is 26.0 Å². The van der Waals surface area contributed by atoms with Crippen LogP contribution in [0.1, 0.15) is 45.0 Å². The van der Waals surface area contributed by atoms with E-state index in [9.17, 15) is 14.9 Å². The fourth-order valence-electron chi connectivity index (χ4n) is 3.38. The molecule has 9 nitrogen and oxygen atoms in total. The number of carbonyl (C=O) groups is 1. The standard InChI is InChI=1S/C20H25N5O4/c1-5-29-19(26)17-13(4)23-20-22-11-16(10-21-12(2)3)24(20)18(17)14-7-6-8-15(9-14)25(27)28/h6-9,11-12,18,21H,5,10H2,1-4H3,(H,22,23). The summed E-state index contributed by atoms with van der Waals surface area (Å²) in [5.41, 5.74) is 2.45. The summed E-state index contributed by atoms with van der Waals surface area (Å²) in [5, 5.41) is 17.8. The minimum Gasteiger partial charge on any atom is -0.463 e. The van der Waals surface area contributed by atoms with E-state index in [1.807, 2.05) is 18.4 Å². The number of hydrogen-bond donors (Lipinski definition) is 2. The van der Waals surface area contributed by atoms with Gasteiger partial charge < -0.3 is 19.9 Å². The quantitative estimate of drug-likeness (QED) is 0.418. The summed E-state index contributed by atoms with van der Waals surface area (Å²) in [7, 11) is 0. The van der Waals surface area contributed by atoms with E-state index in [0.717, 1.165) is 5.69 Å². The molecule has 29 heavy (non-hydrogen) atoms. The first-order valence-electron chi connectivity index (χ1n) is 9.52. The smallest absolute Gasteiger partial charge is 0.338 e. The van der Waals surface area contributed by atoms with E-state index in [-0.39, 0.29) is 18.3 Å². The molecule has 1 atom stereocenters. The summed E-state index contributed by atoms with van der Waals surface area (Å²) >= 11 is 0. The minimum absolute atomic E-state index is 0.0367. The van der Waals surface area contributed by atoms with Crippen molar-refractivity contribution in [3.63, 3.8) is 0 Å². The number of nitro groups is 1. The third-order valence-corrected chi connectivity index (χ3v) is 4.69. The lowest BCUT2D eigenvalue weighted by atomic mass is 9.94. The Hall–Kier alpha value is -3.20. The highest BCUT2D eigenvalue weighted by molar-refractivity contribution is 5.92. The number of benzene rings is 1. The number of aromatic nitrogens is 2. The number of carbonyl (C=O) groups excluding carboxylic acids is 1. The molecule has 3 rings (SSSR count). The number of nitrogens with one attached hydrogen (secondary N) is 2. The van der Waals surface area contributed by atoms with Crippen LogP contribution in [0.3, 0.4) is 0 Å². The summed E-state index contributed by atoms with van der Waals surface area (Å²) in [6.45, 7) is 8.37. The molecule has 0 bridgehead atoms.